The molecule has 0 saturated carbocycles. The molecule has 0 saturated heterocycles. The van der Waals surface area contributed by atoms with Crippen LogP contribution in [0, 0.1) is 10.1 Å². The fraction of sp³-hybridized carbons (Fsp3) is 0.286. The number of primary sulfonamides is 1. The first kappa shape index (κ1) is 15.9. The lowest BCUT2D eigenvalue weighted by Crippen LogP contribution is -2.23. The number of hydrogen-bond donors (Lipinski definition) is 1. The molecule has 20 heavy (non-hydrogen) atoms. The Morgan fingerprint density at radius 1 is 1.45 bits per heavy atom. The number of halogens is 3. The second-order valence-corrected chi connectivity index (χ2v) is 4.67. The number of rotatable bonds is 4. The molecule has 1 heterocycles. The van der Waals surface area contributed by atoms with Crippen molar-refractivity contribution in [2.24, 2.45) is 5.14 Å². The zero-order chi connectivity index (χ0) is 15.7. The molecule has 2 N–H and O–H groups in total. The molecule has 0 spiro atoms. The summed E-state index contributed by atoms with van der Waals surface area (Å²) >= 11 is 0. The fourth-order valence-corrected chi connectivity index (χ4v) is 1.92. The van der Waals surface area contributed by atoms with E-state index in [4.69, 9.17) is 0 Å². The minimum atomic E-state index is -5.33. The maximum atomic E-state index is 12.2. The molecular formula is C7H6F3N3O6S. The van der Waals surface area contributed by atoms with Gasteiger partial charge in [-0.15, -0.1) is 13.2 Å². The highest BCUT2D eigenvalue weighted by atomic mass is 32.2. The van der Waals surface area contributed by atoms with Crippen molar-refractivity contribution < 1.29 is 36.0 Å². The van der Waals surface area contributed by atoms with Gasteiger partial charge in [-0.25, -0.2) is 13.6 Å². The minimum absolute atomic E-state index is 0.503. The summed E-state index contributed by atoms with van der Waals surface area (Å²) in [6, 6.07) is 0.503. The Hall–Kier alpha value is -2.15. The molecule has 0 unspecified atom stereocenters. The van der Waals surface area contributed by atoms with Crippen LogP contribution in [0.5, 0.6) is 11.8 Å². The predicted octanol–water partition coefficient (Wildman–Crippen LogP) is 0.544. The standard InChI is InChI=1S/C7H6F3N3O6S/c1-18-4-2-3(13(14)15)5(20(11,16)17)6(12-4)19-7(8,9)10/h2H,1H3,(H2,11,16,17). The van der Waals surface area contributed by atoms with Crippen LogP contribution in [0.25, 0.3) is 0 Å². The van der Waals surface area contributed by atoms with E-state index in [2.05, 4.69) is 19.6 Å². The number of ether oxygens (including phenoxy) is 2. The van der Waals surface area contributed by atoms with Crippen LogP contribution in [0.15, 0.2) is 11.0 Å². The van der Waals surface area contributed by atoms with Gasteiger partial charge in [0.05, 0.1) is 18.1 Å². The first-order valence-corrected chi connectivity index (χ1v) is 6.02. The number of pyridine rings is 1. The summed E-state index contributed by atoms with van der Waals surface area (Å²) in [5, 5.41) is 15.4. The molecule has 13 heteroatoms. The van der Waals surface area contributed by atoms with Gasteiger partial charge >= 0.3 is 6.36 Å². The Morgan fingerprint density at radius 3 is 2.35 bits per heavy atom. The first-order chi connectivity index (χ1) is 8.95. The van der Waals surface area contributed by atoms with Gasteiger partial charge in [0.1, 0.15) is 0 Å². The monoisotopic (exact) mass is 317 g/mol. The lowest BCUT2D eigenvalue weighted by molar-refractivity contribution is -0.388. The topological polar surface area (TPSA) is 135 Å². The Balaban J connectivity index is 3.69. The number of alkyl halides is 3. The van der Waals surface area contributed by atoms with Gasteiger partial charge in [-0.1, -0.05) is 0 Å². The number of aromatic nitrogens is 1. The fourth-order valence-electron chi connectivity index (χ4n) is 1.16. The molecule has 0 atom stereocenters. The number of nitrogens with zero attached hydrogens (tertiary/aromatic N) is 2. The average Bonchev–Trinajstić information content (AvgIpc) is 2.23. The summed E-state index contributed by atoms with van der Waals surface area (Å²) in [6.07, 6.45) is -5.33. The molecule has 0 aliphatic heterocycles. The molecule has 0 radical (unpaired) electrons. The highest BCUT2D eigenvalue weighted by Crippen LogP contribution is 2.36. The summed E-state index contributed by atoms with van der Waals surface area (Å²) < 4.78 is 66.7. The second kappa shape index (κ2) is 5.09. The number of hydrogen-bond acceptors (Lipinski definition) is 7. The van der Waals surface area contributed by atoms with Gasteiger partial charge in [0.25, 0.3) is 11.6 Å². The molecule has 0 aliphatic carbocycles. The van der Waals surface area contributed by atoms with Gasteiger partial charge in [0.15, 0.2) is 0 Å². The maximum Gasteiger partial charge on any atom is 0.574 e. The molecule has 0 bridgehead atoms. The molecular weight excluding hydrogens is 311 g/mol. The summed E-state index contributed by atoms with van der Waals surface area (Å²) in [5.74, 6) is -2.24. The first-order valence-electron chi connectivity index (χ1n) is 4.47. The van der Waals surface area contributed by atoms with Crippen LogP contribution in [0.2, 0.25) is 0 Å². The van der Waals surface area contributed by atoms with Crippen LogP contribution in [-0.2, 0) is 10.0 Å². The summed E-state index contributed by atoms with van der Waals surface area (Å²) in [5.41, 5.74) is -1.25. The van der Waals surface area contributed by atoms with Gasteiger partial charge in [0, 0.05) is 0 Å². The van der Waals surface area contributed by atoms with Crippen molar-refractivity contribution >= 4 is 15.7 Å². The van der Waals surface area contributed by atoms with Gasteiger partial charge in [-0.05, 0) is 0 Å². The highest BCUT2D eigenvalue weighted by Gasteiger charge is 2.39. The minimum Gasteiger partial charge on any atom is -0.481 e. The third-order valence-electron chi connectivity index (χ3n) is 1.80. The van der Waals surface area contributed by atoms with Gasteiger partial charge in [-0.3, -0.25) is 10.1 Å². The smallest absolute Gasteiger partial charge is 0.481 e. The molecule has 1 aromatic rings. The van der Waals surface area contributed by atoms with Crippen LogP contribution in [0.3, 0.4) is 0 Å². The number of sulfonamides is 1. The van der Waals surface area contributed by atoms with E-state index in [1.165, 1.54) is 0 Å². The third-order valence-corrected chi connectivity index (χ3v) is 2.75. The summed E-state index contributed by atoms with van der Waals surface area (Å²) in [6.45, 7) is 0. The Morgan fingerprint density at radius 2 is 2.00 bits per heavy atom. The van der Waals surface area contributed by atoms with Gasteiger partial charge in [0.2, 0.25) is 20.8 Å². The number of nitro groups is 1. The van der Waals surface area contributed by atoms with Crippen molar-refractivity contribution in [2.45, 2.75) is 11.3 Å². The molecule has 0 aliphatic rings. The quantitative estimate of drug-likeness (QED) is 0.632. The van der Waals surface area contributed by atoms with Gasteiger partial charge < -0.3 is 9.47 Å². The summed E-state index contributed by atoms with van der Waals surface area (Å²) in [4.78, 5) is 11.0. The summed E-state index contributed by atoms with van der Waals surface area (Å²) in [7, 11) is -3.93. The molecule has 9 nitrogen and oxygen atoms in total. The van der Waals surface area contributed by atoms with Crippen molar-refractivity contribution in [1.82, 2.24) is 4.98 Å². The van der Waals surface area contributed by atoms with E-state index >= 15 is 0 Å². The molecule has 0 amide bonds. The highest BCUT2D eigenvalue weighted by molar-refractivity contribution is 7.89. The Kier molecular flexibility index (Phi) is 4.04. The molecule has 0 aromatic carbocycles. The Bertz CT molecular complexity index is 644. The lowest BCUT2D eigenvalue weighted by Gasteiger charge is -2.12. The van der Waals surface area contributed by atoms with Crippen LogP contribution in [0.4, 0.5) is 18.9 Å². The average molecular weight is 317 g/mol. The van der Waals surface area contributed by atoms with Crippen molar-refractivity contribution in [3.63, 3.8) is 0 Å². The van der Waals surface area contributed by atoms with E-state index < -0.39 is 43.7 Å². The zero-order valence-corrected chi connectivity index (χ0v) is 10.4. The SMILES string of the molecule is COc1cc([N+](=O)[O-])c(S(N)(=O)=O)c(OC(F)(F)F)n1. The molecule has 0 fully saturated rings. The van der Waals surface area contributed by atoms with Crippen LogP contribution < -0.4 is 14.6 Å². The zero-order valence-electron chi connectivity index (χ0n) is 9.54. The van der Waals surface area contributed by atoms with Gasteiger partial charge in [-0.2, -0.15) is 4.98 Å². The third kappa shape index (κ3) is 3.67. The number of nitrogens with two attached hydrogens (primary N) is 1. The van der Waals surface area contributed by atoms with Crippen LogP contribution in [-0.4, -0.2) is 31.8 Å². The molecule has 112 valence electrons. The van der Waals surface area contributed by atoms with Crippen molar-refractivity contribution in [1.29, 1.82) is 0 Å². The Labute approximate surface area is 109 Å². The van der Waals surface area contributed by atoms with E-state index in [9.17, 15) is 31.7 Å². The van der Waals surface area contributed by atoms with E-state index in [0.29, 0.717) is 6.07 Å². The van der Waals surface area contributed by atoms with Crippen LogP contribution >= 0.6 is 0 Å². The number of methoxy groups -OCH3 is 1. The van der Waals surface area contributed by atoms with Crippen LogP contribution in [0.1, 0.15) is 0 Å². The molecule has 1 rings (SSSR count). The molecule has 1 aromatic heterocycles. The van der Waals surface area contributed by atoms with E-state index in [1.54, 1.807) is 0 Å². The van der Waals surface area contributed by atoms with E-state index in [-0.39, 0.29) is 0 Å². The largest absolute Gasteiger partial charge is 0.574 e. The van der Waals surface area contributed by atoms with Crippen molar-refractivity contribution in [3.8, 4) is 11.8 Å². The second-order valence-electron chi connectivity index (χ2n) is 3.17. The normalized spacial score (nSPS) is 12.1. The maximum absolute atomic E-state index is 12.2. The lowest BCUT2D eigenvalue weighted by atomic mass is 10.4. The van der Waals surface area contributed by atoms with Crippen molar-refractivity contribution in [3.05, 3.63) is 16.2 Å². The van der Waals surface area contributed by atoms with E-state index in [0.717, 1.165) is 7.11 Å². The van der Waals surface area contributed by atoms with E-state index in [1.807, 2.05) is 0 Å². The predicted molar refractivity (Wildman–Crippen MR) is 55.5 cm³/mol. The van der Waals surface area contributed by atoms with Crippen molar-refractivity contribution in [2.75, 3.05) is 7.11 Å².